The Morgan fingerprint density at radius 1 is 1.35 bits per heavy atom. The fourth-order valence-electron chi connectivity index (χ4n) is 1.51. The molecule has 94 valence electrons. The zero-order chi connectivity index (χ0) is 12.9. The van der Waals surface area contributed by atoms with Gasteiger partial charge >= 0.3 is 0 Å². The Labute approximate surface area is 104 Å². The van der Waals surface area contributed by atoms with E-state index in [1.807, 2.05) is 24.3 Å². The maximum absolute atomic E-state index is 11.9. The van der Waals surface area contributed by atoms with Crippen LogP contribution in [-0.2, 0) is 4.79 Å². The highest BCUT2D eigenvalue weighted by molar-refractivity contribution is 5.96. The van der Waals surface area contributed by atoms with Crippen molar-refractivity contribution in [3.63, 3.8) is 0 Å². The second-order valence-corrected chi connectivity index (χ2v) is 5.79. The van der Waals surface area contributed by atoms with Crippen molar-refractivity contribution in [3.8, 4) is 0 Å². The fraction of sp³-hybridized carbons (Fsp3) is 0.533. The summed E-state index contributed by atoms with van der Waals surface area (Å²) in [6.07, 6.45) is 10.8. The van der Waals surface area contributed by atoms with Crippen LogP contribution in [-0.4, -0.2) is 12.5 Å². The molecule has 1 aliphatic carbocycles. The lowest BCUT2D eigenvalue weighted by atomic mass is 9.92. The van der Waals surface area contributed by atoms with E-state index in [1.165, 1.54) is 0 Å². The van der Waals surface area contributed by atoms with Crippen molar-refractivity contribution in [1.29, 1.82) is 0 Å². The van der Waals surface area contributed by atoms with Gasteiger partial charge in [-0.3, -0.25) is 4.79 Å². The largest absolute Gasteiger partial charge is 0.352 e. The molecule has 17 heavy (non-hydrogen) atoms. The third kappa shape index (κ3) is 5.53. The molecule has 0 bridgehead atoms. The zero-order valence-corrected chi connectivity index (χ0v) is 11.3. The van der Waals surface area contributed by atoms with Crippen molar-refractivity contribution in [1.82, 2.24) is 5.32 Å². The molecule has 0 radical (unpaired) electrons. The number of allylic oxidation sites excluding steroid dienone is 4. The van der Waals surface area contributed by atoms with Gasteiger partial charge in [0.25, 0.3) is 5.91 Å². The Morgan fingerprint density at radius 3 is 2.71 bits per heavy atom. The fourth-order valence-corrected chi connectivity index (χ4v) is 1.51. The van der Waals surface area contributed by atoms with Crippen LogP contribution >= 0.6 is 0 Å². The van der Waals surface area contributed by atoms with E-state index in [0.717, 1.165) is 18.5 Å². The second-order valence-electron chi connectivity index (χ2n) is 5.79. The van der Waals surface area contributed by atoms with Gasteiger partial charge in [0.15, 0.2) is 0 Å². The molecule has 0 saturated carbocycles. The van der Waals surface area contributed by atoms with Crippen LogP contribution in [0.15, 0.2) is 36.0 Å². The number of hydrogen-bond donors (Lipinski definition) is 1. The van der Waals surface area contributed by atoms with Gasteiger partial charge in [0, 0.05) is 12.1 Å². The molecule has 0 saturated heterocycles. The topological polar surface area (TPSA) is 29.1 Å². The van der Waals surface area contributed by atoms with E-state index in [0.29, 0.717) is 5.92 Å². The average molecular weight is 233 g/mol. The van der Waals surface area contributed by atoms with Gasteiger partial charge in [0.05, 0.1) is 0 Å². The number of carbonyl (C=O) groups excluding carboxylic acids is 1. The molecule has 1 atom stereocenters. The summed E-state index contributed by atoms with van der Waals surface area (Å²) in [5.41, 5.74) is 0.995. The Balaban J connectivity index is 2.46. The quantitative estimate of drug-likeness (QED) is 0.796. The lowest BCUT2D eigenvalue weighted by molar-refractivity contribution is -0.117. The molecule has 0 aromatic heterocycles. The molecule has 1 aliphatic rings. The van der Waals surface area contributed by atoms with Crippen molar-refractivity contribution < 1.29 is 4.79 Å². The number of amides is 1. The van der Waals surface area contributed by atoms with Crippen molar-refractivity contribution in [2.45, 2.75) is 34.1 Å². The molecule has 2 heteroatoms. The minimum atomic E-state index is 0.0178. The second kappa shape index (κ2) is 5.85. The van der Waals surface area contributed by atoms with Crippen LogP contribution in [0.25, 0.3) is 0 Å². The van der Waals surface area contributed by atoms with Gasteiger partial charge in [-0.2, -0.15) is 0 Å². The van der Waals surface area contributed by atoms with E-state index < -0.39 is 0 Å². The van der Waals surface area contributed by atoms with Crippen LogP contribution in [0.3, 0.4) is 0 Å². The predicted octanol–water partition coefficient (Wildman–Crippen LogP) is 3.23. The highest BCUT2D eigenvalue weighted by atomic mass is 16.1. The maximum atomic E-state index is 11.9. The van der Waals surface area contributed by atoms with Crippen LogP contribution in [0, 0.1) is 11.3 Å². The van der Waals surface area contributed by atoms with Gasteiger partial charge in [-0.25, -0.2) is 0 Å². The molecular weight excluding hydrogens is 210 g/mol. The Kier molecular flexibility index (Phi) is 4.73. The van der Waals surface area contributed by atoms with Gasteiger partial charge in [0.1, 0.15) is 0 Å². The molecule has 0 aromatic rings. The van der Waals surface area contributed by atoms with Crippen LogP contribution < -0.4 is 5.32 Å². The summed E-state index contributed by atoms with van der Waals surface area (Å²) in [6, 6.07) is 0. The molecule has 1 N–H and O–H groups in total. The van der Waals surface area contributed by atoms with E-state index in [2.05, 4.69) is 39.1 Å². The summed E-state index contributed by atoms with van der Waals surface area (Å²) in [4.78, 5) is 11.9. The van der Waals surface area contributed by atoms with Crippen LogP contribution in [0.5, 0.6) is 0 Å². The molecule has 0 aliphatic heterocycles. The van der Waals surface area contributed by atoms with Crippen molar-refractivity contribution in [2.24, 2.45) is 11.3 Å². The summed E-state index contributed by atoms with van der Waals surface area (Å²) >= 11 is 0. The normalized spacial score (nSPS) is 19.8. The molecule has 1 rings (SSSR count). The third-order valence-electron chi connectivity index (χ3n) is 2.69. The smallest absolute Gasteiger partial charge is 0.251 e. The van der Waals surface area contributed by atoms with E-state index in [-0.39, 0.29) is 11.3 Å². The van der Waals surface area contributed by atoms with Crippen molar-refractivity contribution >= 4 is 5.91 Å². The SMILES string of the molecule is CC1C=CC=C(C(=O)NCCC(C)(C)C)C=C1. The van der Waals surface area contributed by atoms with Gasteiger partial charge in [-0.05, 0) is 23.8 Å². The lowest BCUT2D eigenvalue weighted by Crippen LogP contribution is -2.28. The van der Waals surface area contributed by atoms with Gasteiger partial charge in [-0.15, -0.1) is 0 Å². The number of carbonyl (C=O) groups is 1. The van der Waals surface area contributed by atoms with Crippen molar-refractivity contribution in [2.75, 3.05) is 6.54 Å². The standard InChI is InChI=1S/C15H23NO/c1-12-6-5-7-13(9-8-12)14(17)16-11-10-15(2,3)4/h5-9,12H,10-11H2,1-4H3,(H,16,17). The summed E-state index contributed by atoms with van der Waals surface area (Å²) in [5.74, 6) is 0.412. The first-order valence-electron chi connectivity index (χ1n) is 6.23. The number of nitrogens with one attached hydrogen (secondary N) is 1. The first-order valence-corrected chi connectivity index (χ1v) is 6.23. The zero-order valence-electron chi connectivity index (χ0n) is 11.3. The van der Waals surface area contributed by atoms with Crippen LogP contribution in [0.1, 0.15) is 34.1 Å². The highest BCUT2D eigenvalue weighted by Gasteiger charge is 2.12. The summed E-state index contributed by atoms with van der Waals surface area (Å²) in [5, 5.41) is 2.96. The predicted molar refractivity (Wildman–Crippen MR) is 72.6 cm³/mol. The molecule has 2 nitrogen and oxygen atoms in total. The monoisotopic (exact) mass is 233 g/mol. The maximum Gasteiger partial charge on any atom is 0.251 e. The van der Waals surface area contributed by atoms with Gasteiger partial charge < -0.3 is 5.32 Å². The van der Waals surface area contributed by atoms with E-state index in [9.17, 15) is 4.79 Å². The highest BCUT2D eigenvalue weighted by Crippen LogP contribution is 2.17. The molecule has 0 heterocycles. The molecule has 0 spiro atoms. The Morgan fingerprint density at radius 2 is 2.06 bits per heavy atom. The Hall–Kier alpha value is -1.31. The molecular formula is C15H23NO. The molecule has 0 fully saturated rings. The molecule has 1 amide bonds. The van der Waals surface area contributed by atoms with E-state index >= 15 is 0 Å². The van der Waals surface area contributed by atoms with Gasteiger partial charge in [0.2, 0.25) is 0 Å². The first kappa shape index (κ1) is 13.8. The number of rotatable bonds is 3. The van der Waals surface area contributed by atoms with Gasteiger partial charge in [-0.1, -0.05) is 52.0 Å². The van der Waals surface area contributed by atoms with Crippen LogP contribution in [0.4, 0.5) is 0 Å². The van der Waals surface area contributed by atoms with Crippen LogP contribution in [0.2, 0.25) is 0 Å². The summed E-state index contributed by atoms with van der Waals surface area (Å²) in [7, 11) is 0. The minimum absolute atomic E-state index is 0.0178. The molecule has 0 aromatic carbocycles. The first-order chi connectivity index (χ1) is 7.88. The minimum Gasteiger partial charge on any atom is -0.352 e. The summed E-state index contributed by atoms with van der Waals surface area (Å²) < 4.78 is 0. The average Bonchev–Trinajstić information content (AvgIpc) is 2.41. The summed E-state index contributed by atoms with van der Waals surface area (Å²) in [6.45, 7) is 9.35. The number of hydrogen-bond acceptors (Lipinski definition) is 1. The van der Waals surface area contributed by atoms with E-state index in [4.69, 9.17) is 0 Å². The van der Waals surface area contributed by atoms with E-state index in [1.54, 1.807) is 0 Å². The third-order valence-corrected chi connectivity index (χ3v) is 2.69. The van der Waals surface area contributed by atoms with Crippen molar-refractivity contribution in [3.05, 3.63) is 36.0 Å². The molecule has 1 unspecified atom stereocenters. The lowest BCUT2D eigenvalue weighted by Gasteiger charge is -2.18. The Bertz CT molecular complexity index is 356.